The number of carbonyl (C=O) groups is 2. The average Bonchev–Trinajstić information content (AvgIpc) is 2.41. The number of aliphatic carboxylic acids is 1. The predicted octanol–water partition coefficient (Wildman–Crippen LogP) is 1.55. The lowest BCUT2D eigenvalue weighted by molar-refractivity contribution is -0.131. The number of carbonyl (C=O) groups excluding carboxylic acids is 1. The molecule has 0 radical (unpaired) electrons. The topological polar surface area (TPSA) is 75.6 Å². The molecule has 0 saturated heterocycles. The summed E-state index contributed by atoms with van der Waals surface area (Å²) in [5.74, 6) is -1.15. The lowest BCUT2D eigenvalue weighted by Gasteiger charge is -2.05. The number of ether oxygens (including phenoxy) is 1. The van der Waals surface area contributed by atoms with Gasteiger partial charge in [-0.05, 0) is 30.2 Å². The van der Waals surface area contributed by atoms with Crippen molar-refractivity contribution >= 4 is 18.0 Å². The van der Waals surface area contributed by atoms with E-state index in [1.54, 1.807) is 31.4 Å². The van der Waals surface area contributed by atoms with Crippen molar-refractivity contribution in [1.29, 1.82) is 0 Å². The van der Waals surface area contributed by atoms with E-state index >= 15 is 0 Å². The van der Waals surface area contributed by atoms with Crippen molar-refractivity contribution in [3.63, 3.8) is 0 Å². The number of methoxy groups -OCH3 is 1. The molecule has 5 nitrogen and oxygen atoms in total. The molecule has 2 N–H and O–H groups in total. The van der Waals surface area contributed by atoms with Crippen LogP contribution in [0.2, 0.25) is 0 Å². The van der Waals surface area contributed by atoms with Crippen molar-refractivity contribution in [2.45, 2.75) is 6.42 Å². The van der Waals surface area contributed by atoms with Crippen molar-refractivity contribution in [1.82, 2.24) is 5.32 Å². The Kier molecular flexibility index (Phi) is 6.32. The highest BCUT2D eigenvalue weighted by molar-refractivity contribution is 5.94. The molecular weight excluding hydrogens is 246 g/mol. The van der Waals surface area contributed by atoms with Gasteiger partial charge in [0, 0.05) is 31.9 Å². The molecule has 0 aliphatic heterocycles. The number of rotatable bonds is 7. The summed E-state index contributed by atoms with van der Waals surface area (Å²) < 4.78 is 4.88. The summed E-state index contributed by atoms with van der Waals surface area (Å²) in [6, 6.07) is 6.72. The molecule has 1 amide bonds. The van der Waals surface area contributed by atoms with Gasteiger partial charge in [0.2, 0.25) is 0 Å². The average molecular weight is 263 g/mol. The van der Waals surface area contributed by atoms with E-state index in [-0.39, 0.29) is 5.91 Å². The van der Waals surface area contributed by atoms with E-state index in [2.05, 4.69) is 5.32 Å². The summed E-state index contributed by atoms with van der Waals surface area (Å²) in [5.41, 5.74) is 1.28. The molecule has 0 aliphatic rings. The summed E-state index contributed by atoms with van der Waals surface area (Å²) in [5, 5.41) is 11.3. The first-order valence-electron chi connectivity index (χ1n) is 5.91. The van der Waals surface area contributed by atoms with Crippen LogP contribution in [0.15, 0.2) is 30.3 Å². The van der Waals surface area contributed by atoms with Crippen LogP contribution in [0, 0.1) is 0 Å². The molecule has 19 heavy (non-hydrogen) atoms. The van der Waals surface area contributed by atoms with E-state index < -0.39 is 5.97 Å². The van der Waals surface area contributed by atoms with Crippen LogP contribution < -0.4 is 5.32 Å². The van der Waals surface area contributed by atoms with Crippen molar-refractivity contribution in [2.24, 2.45) is 0 Å². The van der Waals surface area contributed by atoms with Gasteiger partial charge in [-0.2, -0.15) is 0 Å². The van der Waals surface area contributed by atoms with Crippen LogP contribution in [0.25, 0.3) is 6.08 Å². The zero-order valence-corrected chi connectivity index (χ0v) is 10.8. The van der Waals surface area contributed by atoms with Gasteiger partial charge in [0.15, 0.2) is 0 Å². The highest BCUT2D eigenvalue weighted by Crippen LogP contribution is 2.06. The molecule has 0 heterocycles. The van der Waals surface area contributed by atoms with Crippen LogP contribution in [0.3, 0.4) is 0 Å². The molecule has 5 heteroatoms. The summed E-state index contributed by atoms with van der Waals surface area (Å²) in [6.07, 6.45) is 3.30. The monoisotopic (exact) mass is 263 g/mol. The minimum Gasteiger partial charge on any atom is -0.478 e. The van der Waals surface area contributed by atoms with E-state index in [4.69, 9.17) is 9.84 Å². The minimum absolute atomic E-state index is 0.148. The summed E-state index contributed by atoms with van der Waals surface area (Å²) in [6.45, 7) is 1.17. The molecular formula is C14H17NO4. The van der Waals surface area contributed by atoms with Gasteiger partial charge in [0.05, 0.1) is 0 Å². The SMILES string of the molecule is COCCCNC(=O)c1ccc(/C=C/C(=O)O)cc1. The van der Waals surface area contributed by atoms with Crippen LogP contribution in [0.4, 0.5) is 0 Å². The van der Waals surface area contributed by atoms with Crippen LogP contribution in [0.5, 0.6) is 0 Å². The molecule has 0 aromatic heterocycles. The third-order valence-electron chi connectivity index (χ3n) is 2.40. The first-order valence-corrected chi connectivity index (χ1v) is 5.91. The maximum Gasteiger partial charge on any atom is 0.328 e. The normalized spacial score (nSPS) is 10.6. The fourth-order valence-corrected chi connectivity index (χ4v) is 1.43. The molecule has 102 valence electrons. The number of hydrogen-bond acceptors (Lipinski definition) is 3. The molecule has 1 aromatic carbocycles. The minimum atomic E-state index is -1.00. The Morgan fingerprint density at radius 2 is 2.00 bits per heavy atom. The van der Waals surface area contributed by atoms with E-state index in [1.165, 1.54) is 6.08 Å². The number of hydrogen-bond donors (Lipinski definition) is 2. The van der Waals surface area contributed by atoms with Gasteiger partial charge in [-0.15, -0.1) is 0 Å². The highest BCUT2D eigenvalue weighted by Gasteiger charge is 2.03. The molecule has 1 rings (SSSR count). The molecule has 0 fully saturated rings. The van der Waals surface area contributed by atoms with E-state index in [0.29, 0.717) is 18.7 Å². The summed E-state index contributed by atoms with van der Waals surface area (Å²) in [7, 11) is 1.62. The maximum atomic E-state index is 11.7. The Hall–Kier alpha value is -2.14. The van der Waals surface area contributed by atoms with Crippen LogP contribution >= 0.6 is 0 Å². The van der Waals surface area contributed by atoms with Crippen LogP contribution in [-0.4, -0.2) is 37.2 Å². The smallest absolute Gasteiger partial charge is 0.328 e. The Bertz CT molecular complexity index is 451. The number of amides is 1. The third-order valence-corrected chi connectivity index (χ3v) is 2.40. The number of carboxylic acid groups (broad SMARTS) is 1. The van der Waals surface area contributed by atoms with Crippen LogP contribution in [0.1, 0.15) is 22.3 Å². The first-order chi connectivity index (χ1) is 9.13. The van der Waals surface area contributed by atoms with Gasteiger partial charge in [-0.25, -0.2) is 4.79 Å². The molecule has 0 saturated carbocycles. The zero-order valence-electron chi connectivity index (χ0n) is 10.8. The summed E-state index contributed by atoms with van der Waals surface area (Å²) in [4.78, 5) is 22.1. The Labute approximate surface area is 111 Å². The van der Waals surface area contributed by atoms with Crippen molar-refractivity contribution in [3.05, 3.63) is 41.5 Å². The van der Waals surface area contributed by atoms with Gasteiger partial charge in [0.25, 0.3) is 5.91 Å². The third kappa shape index (κ3) is 5.83. The van der Waals surface area contributed by atoms with Crippen molar-refractivity contribution in [2.75, 3.05) is 20.3 Å². The van der Waals surface area contributed by atoms with E-state index in [1.807, 2.05) is 0 Å². The predicted molar refractivity (Wildman–Crippen MR) is 71.9 cm³/mol. The zero-order chi connectivity index (χ0) is 14.1. The van der Waals surface area contributed by atoms with Gasteiger partial charge in [-0.1, -0.05) is 12.1 Å². The lowest BCUT2D eigenvalue weighted by atomic mass is 10.1. The molecule has 0 atom stereocenters. The van der Waals surface area contributed by atoms with Gasteiger partial charge >= 0.3 is 5.97 Å². The number of nitrogens with one attached hydrogen (secondary N) is 1. The molecule has 0 bridgehead atoms. The van der Waals surface area contributed by atoms with E-state index in [0.717, 1.165) is 18.1 Å². The second-order valence-electron chi connectivity index (χ2n) is 3.90. The van der Waals surface area contributed by atoms with Gasteiger partial charge in [-0.3, -0.25) is 4.79 Å². The van der Waals surface area contributed by atoms with Crippen LogP contribution in [-0.2, 0) is 9.53 Å². The van der Waals surface area contributed by atoms with Gasteiger partial charge in [0.1, 0.15) is 0 Å². The van der Waals surface area contributed by atoms with E-state index in [9.17, 15) is 9.59 Å². The molecule has 0 unspecified atom stereocenters. The molecule has 0 aliphatic carbocycles. The largest absolute Gasteiger partial charge is 0.478 e. The Balaban J connectivity index is 2.51. The van der Waals surface area contributed by atoms with Crippen molar-refractivity contribution in [3.8, 4) is 0 Å². The van der Waals surface area contributed by atoms with Gasteiger partial charge < -0.3 is 15.2 Å². The standard InChI is InChI=1S/C14H17NO4/c1-19-10-2-9-15-14(18)12-6-3-11(4-7-12)5-8-13(16)17/h3-8H,2,9-10H2,1H3,(H,15,18)(H,16,17)/b8-5+. The quantitative estimate of drug-likeness (QED) is 0.578. The molecule has 0 spiro atoms. The Morgan fingerprint density at radius 3 is 2.58 bits per heavy atom. The fourth-order valence-electron chi connectivity index (χ4n) is 1.43. The first kappa shape index (κ1) is 14.9. The Morgan fingerprint density at radius 1 is 1.32 bits per heavy atom. The highest BCUT2D eigenvalue weighted by atomic mass is 16.5. The lowest BCUT2D eigenvalue weighted by Crippen LogP contribution is -2.25. The number of carboxylic acids is 1. The molecule has 1 aromatic rings. The number of benzene rings is 1. The van der Waals surface area contributed by atoms with Crippen molar-refractivity contribution < 1.29 is 19.4 Å². The second kappa shape index (κ2) is 8.05. The summed E-state index contributed by atoms with van der Waals surface area (Å²) >= 11 is 0. The maximum absolute atomic E-state index is 11.7. The fraction of sp³-hybridized carbons (Fsp3) is 0.286. The second-order valence-corrected chi connectivity index (χ2v) is 3.90.